The first-order valence-corrected chi connectivity index (χ1v) is 10.1. The minimum atomic E-state index is -0.422. The number of amidine groups is 1. The Morgan fingerprint density at radius 3 is 2.68 bits per heavy atom. The lowest BCUT2D eigenvalue weighted by Gasteiger charge is -2.06. The Morgan fingerprint density at radius 1 is 1.16 bits per heavy atom. The van der Waals surface area contributed by atoms with E-state index in [2.05, 4.69) is 21.0 Å². The molecule has 0 unspecified atom stereocenters. The topological polar surface area (TPSA) is 132 Å². The van der Waals surface area contributed by atoms with E-state index in [0.29, 0.717) is 33.0 Å². The number of fused-ring (bicyclic) bond motifs is 1. The molecule has 0 amide bonds. The molecule has 4 N–H and O–H groups in total. The number of aliphatic imine (C=N–C) groups is 1. The first-order chi connectivity index (χ1) is 15.1. The highest BCUT2D eigenvalue weighted by atomic mass is 32.1. The van der Waals surface area contributed by atoms with Gasteiger partial charge in [0.15, 0.2) is 0 Å². The molecule has 7 nitrogen and oxygen atoms in total. The van der Waals surface area contributed by atoms with Gasteiger partial charge in [-0.25, -0.2) is 9.98 Å². The Kier molecular flexibility index (Phi) is 5.51. The van der Waals surface area contributed by atoms with Crippen LogP contribution in [0.3, 0.4) is 0 Å². The molecule has 0 spiro atoms. The summed E-state index contributed by atoms with van der Waals surface area (Å²) in [6, 6.07) is 19.7. The lowest BCUT2D eigenvalue weighted by Crippen LogP contribution is -2.18. The molecule has 2 heterocycles. The summed E-state index contributed by atoms with van der Waals surface area (Å²) < 4.78 is 0. The number of nitrogens with zero attached hydrogens (tertiary/aromatic N) is 3. The highest BCUT2D eigenvalue weighted by molar-refractivity contribution is 7.13. The van der Waals surface area contributed by atoms with Gasteiger partial charge in [-0.1, -0.05) is 30.3 Å². The van der Waals surface area contributed by atoms with Crippen LogP contribution in [-0.4, -0.2) is 27.3 Å². The average molecular weight is 424 g/mol. The molecule has 0 aliphatic heterocycles. The summed E-state index contributed by atoms with van der Waals surface area (Å²) >= 11 is 1.26. The zero-order chi connectivity index (χ0) is 21.8. The van der Waals surface area contributed by atoms with Gasteiger partial charge in [0.2, 0.25) is 5.78 Å². The van der Waals surface area contributed by atoms with E-state index < -0.39 is 5.78 Å². The highest BCUT2D eigenvalue weighted by Crippen LogP contribution is 2.22. The summed E-state index contributed by atoms with van der Waals surface area (Å²) in [6.45, 7) is 0. The molecule has 31 heavy (non-hydrogen) atoms. The molecule has 4 rings (SSSR count). The van der Waals surface area contributed by atoms with Gasteiger partial charge in [0.05, 0.1) is 32.7 Å². The van der Waals surface area contributed by atoms with E-state index >= 15 is 0 Å². The maximum Gasteiger partial charge on any atom is 0.220 e. The number of imidazole rings is 1. The van der Waals surface area contributed by atoms with Gasteiger partial charge in [-0.05, 0) is 41.8 Å². The van der Waals surface area contributed by atoms with E-state index in [1.54, 1.807) is 41.8 Å². The molecule has 0 aliphatic carbocycles. The maximum absolute atomic E-state index is 12.6. The van der Waals surface area contributed by atoms with E-state index in [1.807, 2.05) is 24.3 Å². The number of nitriles is 1. The van der Waals surface area contributed by atoms with Crippen molar-refractivity contribution in [2.75, 3.05) is 0 Å². The minimum absolute atomic E-state index is 0.0329. The summed E-state index contributed by atoms with van der Waals surface area (Å²) in [5, 5.41) is 19.4. The van der Waals surface area contributed by atoms with E-state index in [9.17, 15) is 10.1 Å². The lowest BCUT2D eigenvalue weighted by atomic mass is 10.1. The van der Waals surface area contributed by atoms with Crippen LogP contribution in [-0.2, 0) is 0 Å². The molecule has 8 heteroatoms. The van der Waals surface area contributed by atoms with Gasteiger partial charge < -0.3 is 10.7 Å². The van der Waals surface area contributed by atoms with Gasteiger partial charge in [0.1, 0.15) is 23.4 Å². The number of H-pyrrole nitrogens is 1. The van der Waals surface area contributed by atoms with Gasteiger partial charge in [-0.3, -0.25) is 10.2 Å². The zero-order valence-corrected chi connectivity index (χ0v) is 17.0. The molecule has 0 saturated heterocycles. The number of nitrogens with one attached hydrogen (secondary N) is 2. The highest BCUT2D eigenvalue weighted by Gasteiger charge is 2.18. The predicted octanol–water partition coefficient (Wildman–Crippen LogP) is 4.47. The summed E-state index contributed by atoms with van der Waals surface area (Å²) in [6.07, 6.45) is 1.35. The fraction of sp³-hybridized carbons (Fsp3) is 0. The molecule has 2 aromatic carbocycles. The van der Waals surface area contributed by atoms with E-state index in [0.717, 1.165) is 5.52 Å². The van der Waals surface area contributed by atoms with Gasteiger partial charge in [-0.15, -0.1) is 11.3 Å². The predicted molar refractivity (Wildman–Crippen MR) is 123 cm³/mol. The summed E-state index contributed by atoms with van der Waals surface area (Å²) in [7, 11) is 0. The number of carbonyl (C=O) groups excluding carboxylic acids is 1. The van der Waals surface area contributed by atoms with Crippen molar-refractivity contribution in [3.8, 4) is 6.07 Å². The number of Topliss-reactive ketones (excluding diaryl/α,β-unsaturated/α-hetero) is 1. The Bertz CT molecular complexity index is 1360. The van der Waals surface area contributed by atoms with Gasteiger partial charge in [0, 0.05) is 0 Å². The van der Waals surface area contributed by atoms with Crippen LogP contribution >= 0.6 is 11.3 Å². The molecule has 4 aromatic rings. The zero-order valence-electron chi connectivity index (χ0n) is 16.2. The molecular formula is C23H16N6OS. The number of rotatable bonds is 6. The minimum Gasteiger partial charge on any atom is -0.383 e. The maximum atomic E-state index is 12.6. The molecule has 0 aliphatic rings. The number of nitrogens with two attached hydrogens (primary N) is 1. The van der Waals surface area contributed by atoms with Crippen molar-refractivity contribution in [3.63, 3.8) is 0 Å². The second-order valence-electron chi connectivity index (χ2n) is 6.51. The van der Waals surface area contributed by atoms with Crippen molar-refractivity contribution < 1.29 is 4.79 Å². The van der Waals surface area contributed by atoms with Crippen LogP contribution in [0.15, 0.2) is 77.1 Å². The third-order valence-corrected chi connectivity index (χ3v) is 5.33. The van der Waals surface area contributed by atoms with E-state index in [1.165, 1.54) is 17.4 Å². The fourth-order valence-corrected chi connectivity index (χ4v) is 3.63. The van der Waals surface area contributed by atoms with Crippen molar-refractivity contribution in [3.05, 3.63) is 88.4 Å². The Hall–Kier alpha value is -4.35. The number of benzene rings is 2. The number of hydrogen-bond acceptors (Lipinski definition) is 6. The van der Waals surface area contributed by atoms with Crippen molar-refractivity contribution in [2.45, 2.75) is 0 Å². The molecule has 0 saturated carbocycles. The first-order valence-electron chi connectivity index (χ1n) is 9.24. The van der Waals surface area contributed by atoms with Crippen molar-refractivity contribution in [1.29, 1.82) is 10.7 Å². The SMILES string of the molecule is N#Cc1ccccc1N=C(N)C(=CC(=N)C(=O)c1cccs1)c1nc2ccccc2[nH]1. The second kappa shape index (κ2) is 8.57. The van der Waals surface area contributed by atoms with Crippen LogP contribution in [0.1, 0.15) is 21.1 Å². The normalized spacial score (nSPS) is 12.0. The van der Waals surface area contributed by atoms with Gasteiger partial charge >= 0.3 is 0 Å². The van der Waals surface area contributed by atoms with Crippen LogP contribution in [0, 0.1) is 16.7 Å². The number of para-hydroxylation sites is 3. The van der Waals surface area contributed by atoms with Crippen molar-refractivity contribution in [1.82, 2.24) is 9.97 Å². The Morgan fingerprint density at radius 2 is 1.94 bits per heavy atom. The summed E-state index contributed by atoms with van der Waals surface area (Å²) in [5.74, 6) is -0.0139. The second-order valence-corrected chi connectivity index (χ2v) is 7.45. The van der Waals surface area contributed by atoms with Crippen molar-refractivity contribution >= 4 is 51.0 Å². The quantitative estimate of drug-likeness (QED) is 0.239. The number of hydrogen-bond donors (Lipinski definition) is 3. The van der Waals surface area contributed by atoms with E-state index in [4.69, 9.17) is 11.1 Å². The van der Waals surface area contributed by atoms with Crippen molar-refractivity contribution in [2.24, 2.45) is 10.7 Å². The Labute approximate surface area is 181 Å². The van der Waals surface area contributed by atoms with Crippen LogP contribution < -0.4 is 5.73 Å². The van der Waals surface area contributed by atoms with Crippen LogP contribution in [0.4, 0.5) is 5.69 Å². The molecule has 0 radical (unpaired) electrons. The molecule has 0 bridgehead atoms. The average Bonchev–Trinajstić information content (AvgIpc) is 3.47. The summed E-state index contributed by atoms with van der Waals surface area (Å²) in [5.41, 5.74) is 8.59. The van der Waals surface area contributed by atoms with Crippen LogP contribution in [0.5, 0.6) is 0 Å². The number of allylic oxidation sites excluding steroid dienone is 1. The standard InChI is InChI=1S/C23H16N6OS/c24-13-14-6-1-2-7-17(14)27-22(26)15(12-16(25)21(30)20-10-5-11-31-20)23-28-18-8-3-4-9-19(18)29-23/h1-12,25H,(H2,26,27)(H,28,29). The van der Waals surface area contributed by atoms with Gasteiger partial charge in [-0.2, -0.15) is 5.26 Å². The van der Waals surface area contributed by atoms with E-state index in [-0.39, 0.29) is 11.5 Å². The van der Waals surface area contributed by atoms with Crippen LogP contribution in [0.25, 0.3) is 16.6 Å². The molecule has 0 fully saturated rings. The number of aromatic amines is 1. The number of thiophene rings is 1. The third-order valence-electron chi connectivity index (χ3n) is 4.46. The van der Waals surface area contributed by atoms with Gasteiger partial charge in [0.25, 0.3) is 0 Å². The molecular weight excluding hydrogens is 408 g/mol. The number of aromatic nitrogens is 2. The third kappa shape index (κ3) is 4.17. The molecule has 150 valence electrons. The smallest absolute Gasteiger partial charge is 0.220 e. The molecule has 2 aromatic heterocycles. The number of carbonyl (C=O) groups is 1. The summed E-state index contributed by atoms with van der Waals surface area (Å²) in [4.78, 5) is 25.2. The Balaban J connectivity index is 1.82. The first kappa shape index (κ1) is 19.9. The lowest BCUT2D eigenvalue weighted by molar-refractivity contribution is 0.106. The number of ketones is 1. The largest absolute Gasteiger partial charge is 0.383 e. The molecule has 0 atom stereocenters. The fourth-order valence-electron chi connectivity index (χ4n) is 2.95. The monoisotopic (exact) mass is 424 g/mol. The van der Waals surface area contributed by atoms with Crippen LogP contribution in [0.2, 0.25) is 0 Å².